The van der Waals surface area contributed by atoms with E-state index in [0.717, 1.165) is 32.4 Å². The molecule has 3 rings (SSSR count). The van der Waals surface area contributed by atoms with Crippen molar-refractivity contribution in [1.29, 1.82) is 0 Å². The fraction of sp³-hybridized carbons (Fsp3) is 0.368. The molecular weight excluding hydrogens is 394 g/mol. The molecule has 1 fully saturated rings. The molecule has 4 N–H and O–H groups in total. The lowest BCUT2D eigenvalue weighted by atomic mass is 10.1. The fourth-order valence-electron chi connectivity index (χ4n) is 3.22. The molecule has 2 aromatic rings. The van der Waals surface area contributed by atoms with Crippen LogP contribution in [0.1, 0.15) is 40.0 Å². The van der Waals surface area contributed by atoms with Crippen LogP contribution in [-0.2, 0) is 0 Å². The van der Waals surface area contributed by atoms with Crippen LogP contribution >= 0.6 is 11.8 Å². The van der Waals surface area contributed by atoms with Gasteiger partial charge in [0.15, 0.2) is 11.0 Å². The monoisotopic (exact) mass is 417 g/mol. The largest absolute Gasteiger partial charge is 0.496 e. The highest BCUT2D eigenvalue weighted by Gasteiger charge is 2.22. The Bertz CT molecular complexity index is 985. The highest BCUT2D eigenvalue weighted by molar-refractivity contribution is 7.98. The van der Waals surface area contributed by atoms with Crippen LogP contribution in [0.3, 0.4) is 0 Å². The van der Waals surface area contributed by atoms with Gasteiger partial charge in [0.2, 0.25) is 0 Å². The number of rotatable bonds is 6. The molecule has 10 heteroatoms. The van der Waals surface area contributed by atoms with Gasteiger partial charge >= 0.3 is 0 Å². The number of carbonyl (C=O) groups is 2. The predicted octanol–water partition coefficient (Wildman–Crippen LogP) is 1.97. The Balaban J connectivity index is 1.93. The molecule has 0 bridgehead atoms. The summed E-state index contributed by atoms with van der Waals surface area (Å²) in [4.78, 5) is 45.3. The zero-order valence-electron chi connectivity index (χ0n) is 16.3. The van der Waals surface area contributed by atoms with Crippen molar-refractivity contribution in [3.63, 3.8) is 0 Å². The average molecular weight is 417 g/mol. The summed E-state index contributed by atoms with van der Waals surface area (Å²) < 4.78 is 5.41. The minimum Gasteiger partial charge on any atom is -0.496 e. The molecule has 2 amide bonds. The second-order valence-electron chi connectivity index (χ2n) is 6.56. The Morgan fingerprint density at radius 2 is 2.00 bits per heavy atom. The van der Waals surface area contributed by atoms with Gasteiger partial charge in [0.25, 0.3) is 17.4 Å². The fourth-order valence-corrected chi connectivity index (χ4v) is 3.60. The van der Waals surface area contributed by atoms with Gasteiger partial charge in [0.05, 0.1) is 12.7 Å². The third-order valence-electron chi connectivity index (χ3n) is 4.68. The number of amides is 2. The molecule has 0 atom stereocenters. The van der Waals surface area contributed by atoms with Crippen LogP contribution in [0, 0.1) is 0 Å². The van der Waals surface area contributed by atoms with E-state index in [2.05, 4.69) is 15.3 Å². The minimum atomic E-state index is -0.891. The number of nitrogens with one attached hydrogen (secondary N) is 2. The molecule has 0 unspecified atom stereocenters. The summed E-state index contributed by atoms with van der Waals surface area (Å²) in [6.45, 7) is 1.47. The Morgan fingerprint density at radius 3 is 2.62 bits per heavy atom. The van der Waals surface area contributed by atoms with E-state index in [-0.39, 0.29) is 17.3 Å². The van der Waals surface area contributed by atoms with E-state index < -0.39 is 11.5 Å². The van der Waals surface area contributed by atoms with Gasteiger partial charge in [0.1, 0.15) is 11.3 Å². The predicted molar refractivity (Wildman–Crippen MR) is 111 cm³/mol. The molecule has 1 aromatic carbocycles. The number of H-pyrrole nitrogens is 1. The molecule has 1 aliphatic rings. The van der Waals surface area contributed by atoms with Crippen LogP contribution in [0.2, 0.25) is 0 Å². The van der Waals surface area contributed by atoms with Gasteiger partial charge in [0, 0.05) is 24.8 Å². The van der Waals surface area contributed by atoms with Gasteiger partial charge in [-0.25, -0.2) is 4.98 Å². The maximum absolute atomic E-state index is 12.8. The van der Waals surface area contributed by atoms with Crippen molar-refractivity contribution in [3.8, 4) is 5.75 Å². The van der Waals surface area contributed by atoms with E-state index in [1.807, 2.05) is 4.90 Å². The number of aromatic amines is 1. The number of nitrogens with zero attached hydrogens (tertiary/aromatic N) is 2. The summed E-state index contributed by atoms with van der Waals surface area (Å²) >= 11 is 1.22. The lowest BCUT2D eigenvalue weighted by Crippen LogP contribution is -2.35. The van der Waals surface area contributed by atoms with Crippen molar-refractivity contribution in [2.24, 2.45) is 5.73 Å². The number of ether oxygens (including phenoxy) is 1. The average Bonchev–Trinajstić information content (AvgIpc) is 2.73. The topological polar surface area (TPSA) is 130 Å². The summed E-state index contributed by atoms with van der Waals surface area (Å²) in [5.41, 5.74) is 5.41. The summed E-state index contributed by atoms with van der Waals surface area (Å²) in [6, 6.07) is 4.96. The van der Waals surface area contributed by atoms with E-state index in [4.69, 9.17) is 10.5 Å². The number of hydrogen-bond acceptors (Lipinski definition) is 7. The van der Waals surface area contributed by atoms with Crippen molar-refractivity contribution in [2.75, 3.05) is 31.8 Å². The van der Waals surface area contributed by atoms with Gasteiger partial charge < -0.3 is 25.7 Å². The SMILES string of the molecule is COc1cc(Nc2nc(SC)[nH]c(=O)c2C(N)=O)ccc1C(=O)N1CCCCC1. The number of thioether (sulfide) groups is 1. The van der Waals surface area contributed by atoms with Crippen molar-refractivity contribution < 1.29 is 14.3 Å². The number of likely N-dealkylation sites (tertiary alicyclic amines) is 1. The smallest absolute Gasteiger partial charge is 0.266 e. The van der Waals surface area contributed by atoms with Gasteiger partial charge in [-0.05, 0) is 37.7 Å². The number of aromatic nitrogens is 2. The van der Waals surface area contributed by atoms with Crippen LogP contribution in [0.5, 0.6) is 5.75 Å². The highest BCUT2D eigenvalue weighted by atomic mass is 32.2. The van der Waals surface area contributed by atoms with Crippen LogP contribution in [0.15, 0.2) is 28.2 Å². The van der Waals surface area contributed by atoms with Crippen molar-refractivity contribution in [2.45, 2.75) is 24.4 Å². The first-order valence-corrected chi connectivity index (χ1v) is 10.4. The number of benzene rings is 1. The first-order chi connectivity index (χ1) is 13.9. The molecule has 0 spiro atoms. The number of nitrogens with two attached hydrogens (primary N) is 1. The Hall–Kier alpha value is -3.01. The van der Waals surface area contributed by atoms with Gasteiger partial charge in [-0.15, -0.1) is 0 Å². The van der Waals surface area contributed by atoms with Gasteiger partial charge in [-0.2, -0.15) is 0 Å². The molecule has 29 heavy (non-hydrogen) atoms. The van der Waals surface area contributed by atoms with Gasteiger partial charge in [-0.3, -0.25) is 14.4 Å². The highest BCUT2D eigenvalue weighted by Crippen LogP contribution is 2.28. The second kappa shape index (κ2) is 8.99. The lowest BCUT2D eigenvalue weighted by molar-refractivity contribution is 0.0721. The summed E-state index contributed by atoms with van der Waals surface area (Å²) in [5, 5.41) is 3.28. The first-order valence-electron chi connectivity index (χ1n) is 9.17. The van der Waals surface area contributed by atoms with Crippen molar-refractivity contribution in [1.82, 2.24) is 14.9 Å². The summed E-state index contributed by atoms with van der Waals surface area (Å²) in [7, 11) is 1.48. The second-order valence-corrected chi connectivity index (χ2v) is 7.35. The number of methoxy groups -OCH3 is 1. The maximum Gasteiger partial charge on any atom is 0.266 e. The van der Waals surface area contributed by atoms with E-state index in [1.165, 1.54) is 18.9 Å². The Labute approximate surface area is 172 Å². The van der Waals surface area contributed by atoms with E-state index in [1.54, 1.807) is 24.5 Å². The summed E-state index contributed by atoms with van der Waals surface area (Å²) in [6.07, 6.45) is 4.87. The molecule has 0 radical (unpaired) electrons. The number of hydrogen-bond donors (Lipinski definition) is 3. The van der Waals surface area contributed by atoms with Crippen molar-refractivity contribution >= 4 is 35.1 Å². The molecule has 1 saturated heterocycles. The Morgan fingerprint density at radius 1 is 1.28 bits per heavy atom. The standard InChI is InChI=1S/C19H23N5O4S/c1-28-13-10-11(6-7-12(13)18(27)24-8-4-3-5-9-24)21-16-14(15(20)25)17(26)23-19(22-16)29-2/h6-7,10H,3-5,8-9H2,1-2H3,(H2,20,25)(H2,21,22,23,26). The number of anilines is 2. The third-order valence-corrected chi connectivity index (χ3v) is 5.26. The lowest BCUT2D eigenvalue weighted by Gasteiger charge is -2.27. The van der Waals surface area contributed by atoms with Crippen LogP contribution in [0.25, 0.3) is 0 Å². The molecule has 154 valence electrons. The number of piperidine rings is 1. The normalized spacial score (nSPS) is 13.8. The van der Waals surface area contributed by atoms with Gasteiger partial charge in [-0.1, -0.05) is 11.8 Å². The zero-order chi connectivity index (χ0) is 21.0. The van der Waals surface area contributed by atoms with E-state index in [9.17, 15) is 14.4 Å². The molecule has 1 aromatic heterocycles. The number of primary amides is 1. The molecule has 0 saturated carbocycles. The summed E-state index contributed by atoms with van der Waals surface area (Å²) in [5.74, 6) is -0.536. The maximum atomic E-state index is 12.8. The number of carbonyl (C=O) groups excluding carboxylic acids is 2. The van der Waals surface area contributed by atoms with E-state index >= 15 is 0 Å². The van der Waals surface area contributed by atoms with Crippen molar-refractivity contribution in [3.05, 3.63) is 39.7 Å². The molecular formula is C19H23N5O4S. The van der Waals surface area contributed by atoms with E-state index in [0.29, 0.717) is 22.2 Å². The molecule has 0 aliphatic carbocycles. The molecule has 2 heterocycles. The van der Waals surface area contributed by atoms with Crippen LogP contribution in [0.4, 0.5) is 11.5 Å². The van der Waals surface area contributed by atoms with Crippen LogP contribution in [-0.4, -0.2) is 53.1 Å². The minimum absolute atomic E-state index is 0.0442. The molecule has 1 aliphatic heterocycles. The Kier molecular flexibility index (Phi) is 6.42. The quantitative estimate of drug-likeness (QED) is 0.484. The third kappa shape index (κ3) is 4.53. The zero-order valence-corrected chi connectivity index (χ0v) is 17.1. The van der Waals surface area contributed by atoms with Crippen LogP contribution < -0.4 is 21.3 Å². The first kappa shape index (κ1) is 20.7. The molecule has 9 nitrogen and oxygen atoms in total.